The molecule has 0 radical (unpaired) electrons. The number of carboxylic acid groups (broad SMARTS) is 1. The lowest BCUT2D eigenvalue weighted by molar-refractivity contribution is 0.0690. The van der Waals surface area contributed by atoms with Crippen molar-refractivity contribution in [2.24, 2.45) is 0 Å². The highest BCUT2D eigenvalue weighted by atomic mass is 16.5. The molecule has 0 saturated heterocycles. The number of carbonyl (C=O) groups is 1. The third-order valence-electron chi connectivity index (χ3n) is 2.80. The van der Waals surface area contributed by atoms with Gasteiger partial charge in [0.05, 0.1) is 6.61 Å². The number of hydrogen-bond acceptors (Lipinski definition) is 3. The predicted molar refractivity (Wildman–Crippen MR) is 70.6 cm³/mol. The highest BCUT2D eigenvalue weighted by molar-refractivity contribution is 5.85. The molecule has 5 nitrogen and oxygen atoms in total. The maximum absolute atomic E-state index is 10.7. The third kappa shape index (κ3) is 3.58. The van der Waals surface area contributed by atoms with E-state index in [2.05, 4.69) is 23.2 Å². The molecule has 1 aromatic carbocycles. The second-order valence-corrected chi connectivity index (χ2v) is 4.18. The number of rotatable bonds is 6. The molecule has 0 amide bonds. The van der Waals surface area contributed by atoms with Gasteiger partial charge in [0.2, 0.25) is 0 Å². The van der Waals surface area contributed by atoms with Crippen molar-refractivity contribution in [2.75, 3.05) is 6.61 Å². The lowest BCUT2D eigenvalue weighted by Crippen LogP contribution is -2.02. The van der Waals surface area contributed by atoms with Crippen molar-refractivity contribution < 1.29 is 14.6 Å². The smallest absolute Gasteiger partial charge is 0.356 e. The van der Waals surface area contributed by atoms with Gasteiger partial charge in [-0.05, 0) is 30.2 Å². The summed E-state index contributed by atoms with van der Waals surface area (Å²) < 4.78 is 5.63. The van der Waals surface area contributed by atoms with Crippen LogP contribution in [0.3, 0.4) is 0 Å². The third-order valence-corrected chi connectivity index (χ3v) is 2.80. The lowest BCUT2D eigenvalue weighted by Gasteiger charge is -2.06. The molecule has 0 fully saturated rings. The lowest BCUT2D eigenvalue weighted by atomic mass is 10.2. The normalized spacial score (nSPS) is 10.4. The standard InChI is InChI=1S/C14H16N2O3/c1-2-10-4-3-5-12(8-10)19-7-6-11-9-13(14(17)18)16-15-11/h3-5,8-9H,2,6-7H2,1H3,(H,15,16)(H,17,18). The highest BCUT2D eigenvalue weighted by Gasteiger charge is 2.07. The Hall–Kier alpha value is -2.30. The molecular weight excluding hydrogens is 244 g/mol. The number of H-pyrrole nitrogens is 1. The van der Waals surface area contributed by atoms with Crippen LogP contribution in [0, 0.1) is 0 Å². The molecule has 0 unspecified atom stereocenters. The molecule has 1 heterocycles. The van der Waals surface area contributed by atoms with Gasteiger partial charge < -0.3 is 9.84 Å². The molecule has 0 aliphatic carbocycles. The van der Waals surface area contributed by atoms with E-state index in [1.165, 1.54) is 11.6 Å². The summed E-state index contributed by atoms with van der Waals surface area (Å²) in [5.41, 5.74) is 2.01. The molecule has 19 heavy (non-hydrogen) atoms. The van der Waals surface area contributed by atoms with Gasteiger partial charge in [0.25, 0.3) is 0 Å². The van der Waals surface area contributed by atoms with Gasteiger partial charge in [-0.1, -0.05) is 19.1 Å². The quantitative estimate of drug-likeness (QED) is 0.835. The van der Waals surface area contributed by atoms with Gasteiger partial charge >= 0.3 is 5.97 Å². The van der Waals surface area contributed by atoms with E-state index in [0.717, 1.165) is 17.9 Å². The first-order valence-corrected chi connectivity index (χ1v) is 6.18. The summed E-state index contributed by atoms with van der Waals surface area (Å²) >= 11 is 0. The molecule has 2 rings (SSSR count). The highest BCUT2D eigenvalue weighted by Crippen LogP contribution is 2.14. The zero-order valence-electron chi connectivity index (χ0n) is 10.7. The fourth-order valence-electron chi connectivity index (χ4n) is 1.73. The van der Waals surface area contributed by atoms with Crippen LogP contribution in [-0.2, 0) is 12.8 Å². The van der Waals surface area contributed by atoms with E-state index < -0.39 is 5.97 Å². The number of aryl methyl sites for hydroxylation is 1. The van der Waals surface area contributed by atoms with Crippen LogP contribution in [0.25, 0.3) is 0 Å². The molecule has 0 aliphatic heterocycles. The molecule has 0 aliphatic rings. The summed E-state index contributed by atoms with van der Waals surface area (Å²) in [5.74, 6) is -0.198. The first-order valence-electron chi connectivity index (χ1n) is 6.18. The second kappa shape index (κ2) is 6.04. The van der Waals surface area contributed by atoms with Crippen LogP contribution >= 0.6 is 0 Å². The van der Waals surface area contributed by atoms with Crippen LogP contribution in [0.1, 0.15) is 28.7 Å². The van der Waals surface area contributed by atoms with Gasteiger partial charge in [0.15, 0.2) is 5.69 Å². The van der Waals surface area contributed by atoms with E-state index in [-0.39, 0.29) is 5.69 Å². The molecule has 100 valence electrons. The molecule has 0 bridgehead atoms. The van der Waals surface area contributed by atoms with Crippen molar-refractivity contribution in [3.63, 3.8) is 0 Å². The van der Waals surface area contributed by atoms with E-state index in [1.807, 2.05) is 18.2 Å². The average molecular weight is 260 g/mol. The van der Waals surface area contributed by atoms with E-state index >= 15 is 0 Å². The minimum absolute atomic E-state index is 0.0305. The van der Waals surface area contributed by atoms with Crippen molar-refractivity contribution >= 4 is 5.97 Å². The number of aromatic nitrogens is 2. The van der Waals surface area contributed by atoms with Crippen LogP contribution < -0.4 is 4.74 Å². The summed E-state index contributed by atoms with van der Waals surface area (Å²) in [6.45, 7) is 2.57. The Morgan fingerprint density at radius 2 is 2.26 bits per heavy atom. The number of carboxylic acids is 1. The Kier molecular flexibility index (Phi) is 4.18. The summed E-state index contributed by atoms with van der Waals surface area (Å²) in [6.07, 6.45) is 1.57. The molecule has 0 spiro atoms. The molecule has 5 heteroatoms. The van der Waals surface area contributed by atoms with Crippen LogP contribution in [0.5, 0.6) is 5.75 Å². The SMILES string of the molecule is CCc1cccc(OCCc2cc(C(=O)O)n[nH]2)c1. The van der Waals surface area contributed by atoms with Gasteiger partial charge in [-0.25, -0.2) is 4.79 Å². The van der Waals surface area contributed by atoms with Crippen molar-refractivity contribution in [3.8, 4) is 5.75 Å². The minimum atomic E-state index is -1.03. The maximum Gasteiger partial charge on any atom is 0.356 e. The number of ether oxygens (including phenoxy) is 1. The zero-order valence-corrected chi connectivity index (χ0v) is 10.7. The van der Waals surface area contributed by atoms with Gasteiger partial charge in [-0.15, -0.1) is 0 Å². The summed E-state index contributed by atoms with van der Waals surface area (Å²) in [7, 11) is 0. The molecular formula is C14H16N2O3. The predicted octanol–water partition coefficient (Wildman–Crippen LogP) is 2.29. The maximum atomic E-state index is 10.7. The first kappa shape index (κ1) is 13.1. The second-order valence-electron chi connectivity index (χ2n) is 4.18. The van der Waals surface area contributed by atoms with E-state index in [4.69, 9.17) is 9.84 Å². The molecule has 2 aromatic rings. The Balaban J connectivity index is 1.86. The fourth-order valence-corrected chi connectivity index (χ4v) is 1.73. The number of aromatic amines is 1. The molecule has 0 atom stereocenters. The molecule has 1 aromatic heterocycles. The monoisotopic (exact) mass is 260 g/mol. The molecule has 0 saturated carbocycles. The Bertz CT molecular complexity index is 563. The van der Waals surface area contributed by atoms with Crippen LogP contribution in [0.15, 0.2) is 30.3 Å². The van der Waals surface area contributed by atoms with Gasteiger partial charge in [-0.3, -0.25) is 5.10 Å². The molecule has 2 N–H and O–H groups in total. The number of aromatic carboxylic acids is 1. The number of nitrogens with zero attached hydrogens (tertiary/aromatic N) is 1. The van der Waals surface area contributed by atoms with Gasteiger partial charge in [0.1, 0.15) is 5.75 Å². The largest absolute Gasteiger partial charge is 0.493 e. The summed E-state index contributed by atoms with van der Waals surface area (Å²) in [6, 6.07) is 9.46. The topological polar surface area (TPSA) is 75.2 Å². The number of nitrogens with one attached hydrogen (secondary N) is 1. The van der Waals surface area contributed by atoms with Crippen LogP contribution in [0.2, 0.25) is 0 Å². The minimum Gasteiger partial charge on any atom is -0.493 e. The van der Waals surface area contributed by atoms with Crippen molar-refractivity contribution in [1.29, 1.82) is 0 Å². The van der Waals surface area contributed by atoms with Crippen molar-refractivity contribution in [1.82, 2.24) is 10.2 Å². The van der Waals surface area contributed by atoms with E-state index in [9.17, 15) is 4.79 Å². The number of hydrogen-bond donors (Lipinski definition) is 2. The van der Waals surface area contributed by atoms with Gasteiger partial charge in [-0.2, -0.15) is 5.10 Å². The Morgan fingerprint density at radius 3 is 2.95 bits per heavy atom. The average Bonchev–Trinajstić information content (AvgIpc) is 2.88. The van der Waals surface area contributed by atoms with Crippen molar-refractivity contribution in [3.05, 3.63) is 47.3 Å². The fraction of sp³-hybridized carbons (Fsp3) is 0.286. The van der Waals surface area contributed by atoms with E-state index in [1.54, 1.807) is 0 Å². The zero-order chi connectivity index (χ0) is 13.7. The summed E-state index contributed by atoms with van der Waals surface area (Å²) in [4.78, 5) is 10.7. The van der Waals surface area contributed by atoms with Crippen LogP contribution in [-0.4, -0.2) is 27.9 Å². The van der Waals surface area contributed by atoms with Crippen molar-refractivity contribution in [2.45, 2.75) is 19.8 Å². The number of benzene rings is 1. The first-order chi connectivity index (χ1) is 9.19. The van der Waals surface area contributed by atoms with Crippen LogP contribution in [0.4, 0.5) is 0 Å². The van der Waals surface area contributed by atoms with E-state index in [0.29, 0.717) is 13.0 Å². The Morgan fingerprint density at radius 1 is 1.42 bits per heavy atom. The summed E-state index contributed by atoms with van der Waals surface area (Å²) in [5, 5.41) is 15.1. The Labute approximate surface area is 111 Å². The van der Waals surface area contributed by atoms with Gasteiger partial charge in [0, 0.05) is 12.1 Å².